The molecule has 0 saturated carbocycles. The van der Waals surface area contributed by atoms with Gasteiger partial charge < -0.3 is 16.2 Å². The molecule has 7 heteroatoms. The highest BCUT2D eigenvalue weighted by Gasteiger charge is 2.18. The highest BCUT2D eigenvalue weighted by molar-refractivity contribution is 7.16. The first-order valence-electron chi connectivity index (χ1n) is 7.83. The number of rotatable bonds is 8. The van der Waals surface area contributed by atoms with Gasteiger partial charge in [0.1, 0.15) is 5.00 Å². The molecule has 0 radical (unpaired) electrons. The third-order valence-electron chi connectivity index (χ3n) is 3.58. The molecule has 0 fully saturated rings. The van der Waals surface area contributed by atoms with Crippen LogP contribution in [0, 0.1) is 5.92 Å². The normalized spacial score (nSPS) is 11.7. The molecule has 2 amide bonds. The van der Waals surface area contributed by atoms with Crippen molar-refractivity contribution in [2.24, 2.45) is 11.7 Å². The second-order valence-electron chi connectivity index (χ2n) is 5.94. The van der Waals surface area contributed by atoms with Gasteiger partial charge in [0.25, 0.3) is 5.91 Å². The van der Waals surface area contributed by atoms with Gasteiger partial charge in [0, 0.05) is 24.1 Å². The molecule has 1 aromatic heterocycles. The molecule has 2 aromatic rings. The first-order valence-corrected chi connectivity index (χ1v) is 8.65. The summed E-state index contributed by atoms with van der Waals surface area (Å²) in [6.07, 6.45) is 0.618. The van der Waals surface area contributed by atoms with E-state index in [1.165, 1.54) is 11.3 Å². The zero-order chi connectivity index (χ0) is 18.4. The minimum absolute atomic E-state index is 0.0659. The molecule has 4 N–H and O–H groups in total. The van der Waals surface area contributed by atoms with Crippen molar-refractivity contribution in [3.63, 3.8) is 0 Å². The number of carbonyl (C=O) groups excluding carboxylic acids is 2. The lowest BCUT2D eigenvalue weighted by Crippen LogP contribution is -2.19. The lowest BCUT2D eigenvalue weighted by Gasteiger charge is -2.09. The highest BCUT2D eigenvalue weighted by Crippen LogP contribution is 2.30. The van der Waals surface area contributed by atoms with E-state index in [0.29, 0.717) is 11.4 Å². The Balaban J connectivity index is 2.10. The first kappa shape index (κ1) is 18.7. The van der Waals surface area contributed by atoms with E-state index in [1.54, 1.807) is 13.0 Å². The van der Waals surface area contributed by atoms with Gasteiger partial charge in [-0.2, -0.15) is 0 Å². The fraction of sp³-hybridized carbons (Fsp3) is 0.278. The van der Waals surface area contributed by atoms with E-state index in [1.807, 2.05) is 30.3 Å². The average Bonchev–Trinajstić information content (AvgIpc) is 2.89. The van der Waals surface area contributed by atoms with Crippen LogP contribution in [0.15, 0.2) is 36.4 Å². The lowest BCUT2D eigenvalue weighted by molar-refractivity contribution is -0.138. The molecule has 0 bridgehead atoms. The Labute approximate surface area is 149 Å². The fourth-order valence-corrected chi connectivity index (χ4v) is 3.58. The summed E-state index contributed by atoms with van der Waals surface area (Å²) < 4.78 is 0. The molecule has 6 nitrogen and oxygen atoms in total. The summed E-state index contributed by atoms with van der Waals surface area (Å²) in [5, 5.41) is 11.9. The number of hydrogen-bond donors (Lipinski definition) is 3. The molecular formula is C18H20N2O4S. The van der Waals surface area contributed by atoms with Gasteiger partial charge in [-0.3, -0.25) is 14.4 Å². The van der Waals surface area contributed by atoms with Gasteiger partial charge in [-0.15, -0.1) is 11.3 Å². The van der Waals surface area contributed by atoms with Crippen LogP contribution >= 0.6 is 11.3 Å². The van der Waals surface area contributed by atoms with Crippen LogP contribution in [0.25, 0.3) is 0 Å². The van der Waals surface area contributed by atoms with E-state index in [0.717, 1.165) is 10.4 Å². The number of thiophene rings is 1. The van der Waals surface area contributed by atoms with Crippen LogP contribution in [0.4, 0.5) is 5.00 Å². The van der Waals surface area contributed by atoms with Crippen molar-refractivity contribution in [1.29, 1.82) is 0 Å². The molecule has 0 spiro atoms. The van der Waals surface area contributed by atoms with Crippen LogP contribution in [-0.4, -0.2) is 22.9 Å². The van der Waals surface area contributed by atoms with Crippen LogP contribution in [0.5, 0.6) is 0 Å². The Morgan fingerprint density at radius 1 is 1.20 bits per heavy atom. The Hall–Kier alpha value is -2.67. The maximum Gasteiger partial charge on any atom is 0.303 e. The molecule has 1 aromatic carbocycles. The second kappa shape index (κ2) is 8.43. The predicted octanol–water partition coefficient (Wildman–Crippen LogP) is 2.88. The minimum atomic E-state index is -0.945. The fourth-order valence-electron chi connectivity index (χ4n) is 2.47. The van der Waals surface area contributed by atoms with Gasteiger partial charge in [-0.1, -0.05) is 37.3 Å². The molecule has 0 saturated heterocycles. The van der Waals surface area contributed by atoms with Crippen LogP contribution < -0.4 is 11.1 Å². The molecule has 0 aliphatic heterocycles. The van der Waals surface area contributed by atoms with Gasteiger partial charge in [0.2, 0.25) is 5.91 Å². The second-order valence-corrected chi connectivity index (χ2v) is 7.07. The summed E-state index contributed by atoms with van der Waals surface area (Å²) >= 11 is 1.30. The molecule has 1 unspecified atom stereocenters. The summed E-state index contributed by atoms with van der Waals surface area (Å²) in [6, 6.07) is 11.5. The molecular weight excluding hydrogens is 340 g/mol. The maximum atomic E-state index is 12.1. The van der Waals surface area contributed by atoms with E-state index < -0.39 is 11.9 Å². The first-order chi connectivity index (χ1) is 11.8. The van der Waals surface area contributed by atoms with Crippen LogP contribution in [0.3, 0.4) is 0 Å². The number of primary amides is 1. The molecule has 0 aliphatic carbocycles. The summed E-state index contributed by atoms with van der Waals surface area (Å²) in [7, 11) is 0. The number of carboxylic acids is 1. The average molecular weight is 360 g/mol. The monoisotopic (exact) mass is 360 g/mol. The smallest absolute Gasteiger partial charge is 0.303 e. The van der Waals surface area contributed by atoms with Crippen LogP contribution in [0.1, 0.15) is 40.6 Å². The van der Waals surface area contributed by atoms with Crippen molar-refractivity contribution in [2.45, 2.75) is 26.2 Å². The number of benzene rings is 1. The quantitative estimate of drug-likeness (QED) is 0.672. The zero-order valence-electron chi connectivity index (χ0n) is 13.8. The number of anilines is 1. The minimum Gasteiger partial charge on any atom is -0.481 e. The predicted molar refractivity (Wildman–Crippen MR) is 96.7 cm³/mol. The zero-order valence-corrected chi connectivity index (χ0v) is 14.6. The maximum absolute atomic E-state index is 12.1. The third kappa shape index (κ3) is 5.72. The van der Waals surface area contributed by atoms with Crippen LogP contribution in [0.2, 0.25) is 0 Å². The number of hydrogen-bond acceptors (Lipinski definition) is 4. The summed E-state index contributed by atoms with van der Waals surface area (Å²) in [5.74, 6) is -2.17. The van der Waals surface area contributed by atoms with Gasteiger partial charge in [-0.05, 0) is 17.5 Å². The van der Waals surface area contributed by atoms with Gasteiger partial charge in [-0.25, -0.2) is 0 Å². The van der Waals surface area contributed by atoms with Crippen molar-refractivity contribution < 1.29 is 19.5 Å². The topological polar surface area (TPSA) is 109 Å². The molecule has 132 valence electrons. The SMILES string of the molecule is CC(CC(=O)O)CC(=O)Nc1sc(Cc2ccccc2)cc1C(N)=O. The van der Waals surface area contributed by atoms with Crippen molar-refractivity contribution in [2.75, 3.05) is 5.32 Å². The van der Waals surface area contributed by atoms with E-state index in [2.05, 4.69) is 5.32 Å². The summed E-state index contributed by atoms with van der Waals surface area (Å²) in [4.78, 5) is 35.3. The van der Waals surface area contributed by atoms with Gasteiger partial charge in [0.15, 0.2) is 0 Å². The van der Waals surface area contributed by atoms with Crippen molar-refractivity contribution >= 4 is 34.1 Å². The molecule has 1 heterocycles. The largest absolute Gasteiger partial charge is 0.481 e. The number of amides is 2. The van der Waals surface area contributed by atoms with E-state index in [-0.39, 0.29) is 30.2 Å². The van der Waals surface area contributed by atoms with E-state index in [9.17, 15) is 14.4 Å². The number of carbonyl (C=O) groups is 3. The molecule has 1 atom stereocenters. The standard InChI is InChI=1S/C18H20N2O4S/c1-11(8-16(22)23)7-15(21)20-18-14(17(19)24)10-13(25-18)9-12-5-3-2-4-6-12/h2-6,10-11H,7-9H2,1H3,(H2,19,24)(H,20,21)(H,22,23). The van der Waals surface area contributed by atoms with Crippen molar-refractivity contribution in [3.05, 3.63) is 52.4 Å². The van der Waals surface area contributed by atoms with E-state index >= 15 is 0 Å². The third-order valence-corrected chi connectivity index (χ3v) is 4.63. The number of nitrogens with one attached hydrogen (secondary N) is 1. The summed E-state index contributed by atoms with van der Waals surface area (Å²) in [6.45, 7) is 1.69. The number of aliphatic carboxylic acids is 1. The Kier molecular flexibility index (Phi) is 6.30. The van der Waals surface area contributed by atoms with Gasteiger partial charge in [0.05, 0.1) is 5.56 Å². The lowest BCUT2D eigenvalue weighted by atomic mass is 10.0. The molecule has 25 heavy (non-hydrogen) atoms. The van der Waals surface area contributed by atoms with Crippen LogP contribution in [-0.2, 0) is 16.0 Å². The number of carboxylic acid groups (broad SMARTS) is 1. The van der Waals surface area contributed by atoms with Crippen molar-refractivity contribution in [1.82, 2.24) is 0 Å². The molecule has 0 aliphatic rings. The van der Waals surface area contributed by atoms with E-state index in [4.69, 9.17) is 10.8 Å². The Morgan fingerprint density at radius 2 is 1.88 bits per heavy atom. The Bertz CT molecular complexity index is 771. The summed E-state index contributed by atoms with van der Waals surface area (Å²) in [5.41, 5.74) is 6.77. The Morgan fingerprint density at radius 3 is 2.48 bits per heavy atom. The van der Waals surface area contributed by atoms with Crippen molar-refractivity contribution in [3.8, 4) is 0 Å². The van der Waals surface area contributed by atoms with Gasteiger partial charge >= 0.3 is 5.97 Å². The molecule has 2 rings (SSSR count). The number of nitrogens with two attached hydrogens (primary N) is 1. The highest BCUT2D eigenvalue weighted by atomic mass is 32.1.